The van der Waals surface area contributed by atoms with Gasteiger partial charge in [0.05, 0.1) is 6.07 Å². The van der Waals surface area contributed by atoms with Gasteiger partial charge in [-0.2, -0.15) is 23.0 Å². The molecule has 1 N–H and O–H groups in total. The highest BCUT2D eigenvalue weighted by Crippen LogP contribution is 2.52. The number of amides is 1. The van der Waals surface area contributed by atoms with Crippen LogP contribution in [-0.2, 0) is 10.1 Å². The average Bonchev–Trinajstić information content (AvgIpc) is 3.33. The fraction of sp³-hybridized carbons (Fsp3) is 0.400. The molecule has 1 aliphatic heterocycles. The molecule has 1 unspecified atom stereocenters. The van der Waals surface area contributed by atoms with E-state index in [1.807, 2.05) is 6.92 Å². The molecule has 1 amide bonds. The highest BCUT2D eigenvalue weighted by molar-refractivity contribution is 7.87. The second kappa shape index (κ2) is 7.27. The van der Waals surface area contributed by atoms with Crippen LogP contribution in [0.5, 0.6) is 5.88 Å². The number of fused-ring (bicyclic) bond motifs is 1. The van der Waals surface area contributed by atoms with E-state index in [0.29, 0.717) is 24.4 Å². The van der Waals surface area contributed by atoms with E-state index in [2.05, 4.69) is 10.1 Å². The van der Waals surface area contributed by atoms with Crippen molar-refractivity contribution in [3.63, 3.8) is 0 Å². The van der Waals surface area contributed by atoms with Crippen LogP contribution in [0.3, 0.4) is 0 Å². The molecule has 1 saturated carbocycles. The number of carboxylic acid groups (broad SMARTS) is 1. The first-order valence-electron chi connectivity index (χ1n) is 10.1. The van der Waals surface area contributed by atoms with Crippen LogP contribution in [0.1, 0.15) is 42.2 Å². The molecule has 2 fully saturated rings. The molecule has 3 aromatic rings. The normalized spacial score (nSPS) is 19.9. The van der Waals surface area contributed by atoms with E-state index in [4.69, 9.17) is 4.18 Å². The average molecular weight is 477 g/mol. The SMILES string of the molecule is Cc1ccc(S(=O)(=O)Oc2cc(=O)n3nc(C4CCN(C(=O)O)C5(CC5)C4)sc3n2)cc1. The molecule has 0 bridgehead atoms. The number of nitrogens with zero attached hydrogens (tertiary/aromatic N) is 4. The standard InChI is InChI=1S/C20H20N4O6S2/c1-12-2-4-14(5-3-12)32(28,29)30-15-10-16(25)24-18(21-15)31-17(22-24)13-6-9-23(19(26)27)20(11-13)7-8-20/h2-5,10,13H,6-9,11H2,1H3,(H,26,27). The highest BCUT2D eigenvalue weighted by atomic mass is 32.2. The first kappa shape index (κ1) is 20.9. The molecule has 168 valence electrons. The van der Waals surface area contributed by atoms with E-state index in [-0.39, 0.29) is 27.2 Å². The van der Waals surface area contributed by atoms with Crippen molar-refractivity contribution in [1.29, 1.82) is 0 Å². The van der Waals surface area contributed by atoms with Gasteiger partial charge in [0.15, 0.2) is 0 Å². The third-order valence-electron chi connectivity index (χ3n) is 6.05. The fourth-order valence-electron chi connectivity index (χ4n) is 4.20. The fourth-order valence-corrected chi connectivity index (χ4v) is 6.11. The predicted molar refractivity (Wildman–Crippen MR) is 115 cm³/mol. The molecule has 1 spiro atoms. The molecule has 2 aliphatic rings. The summed E-state index contributed by atoms with van der Waals surface area (Å²) in [6.07, 6.45) is 2.01. The number of rotatable bonds is 4. The van der Waals surface area contributed by atoms with Gasteiger partial charge in [-0.05, 0) is 44.7 Å². The van der Waals surface area contributed by atoms with Gasteiger partial charge in [-0.3, -0.25) is 4.79 Å². The Morgan fingerprint density at radius 2 is 2.00 bits per heavy atom. The van der Waals surface area contributed by atoms with Crippen molar-refractivity contribution in [1.82, 2.24) is 19.5 Å². The minimum atomic E-state index is -4.14. The van der Waals surface area contributed by atoms with Crippen molar-refractivity contribution in [3.05, 3.63) is 51.3 Å². The number of likely N-dealkylation sites (tertiary alicyclic amines) is 1. The predicted octanol–water partition coefficient (Wildman–Crippen LogP) is 2.62. The summed E-state index contributed by atoms with van der Waals surface area (Å²) in [7, 11) is -4.14. The number of aromatic nitrogens is 3. The molecule has 32 heavy (non-hydrogen) atoms. The summed E-state index contributed by atoms with van der Waals surface area (Å²) in [5.74, 6) is -0.301. The van der Waals surface area contributed by atoms with Crippen molar-refractivity contribution in [2.45, 2.75) is 49.0 Å². The van der Waals surface area contributed by atoms with Gasteiger partial charge in [-0.25, -0.2) is 4.79 Å². The van der Waals surface area contributed by atoms with Crippen LogP contribution >= 0.6 is 11.3 Å². The number of hydrogen-bond acceptors (Lipinski definition) is 8. The van der Waals surface area contributed by atoms with Crippen LogP contribution in [0.25, 0.3) is 4.96 Å². The Kier molecular flexibility index (Phi) is 4.75. The number of aryl methyl sites for hydroxylation is 1. The lowest BCUT2D eigenvalue weighted by atomic mass is 9.90. The molecule has 1 saturated heterocycles. The minimum absolute atomic E-state index is 0.0138. The lowest BCUT2D eigenvalue weighted by Crippen LogP contribution is -2.46. The first-order chi connectivity index (χ1) is 15.2. The Hall–Kier alpha value is -2.99. The summed E-state index contributed by atoms with van der Waals surface area (Å²) in [5.41, 5.74) is 0.0262. The van der Waals surface area contributed by atoms with Gasteiger partial charge in [0.2, 0.25) is 10.8 Å². The van der Waals surface area contributed by atoms with Crippen LogP contribution in [0.4, 0.5) is 4.79 Å². The first-order valence-corrected chi connectivity index (χ1v) is 12.3. The molecule has 2 aromatic heterocycles. The largest absolute Gasteiger partial charge is 0.465 e. The topological polar surface area (TPSA) is 131 Å². The Labute approximate surface area is 187 Å². The van der Waals surface area contributed by atoms with Crippen LogP contribution in [0, 0.1) is 6.92 Å². The number of benzene rings is 1. The lowest BCUT2D eigenvalue weighted by molar-refractivity contribution is 0.0908. The Morgan fingerprint density at radius 1 is 1.28 bits per heavy atom. The van der Waals surface area contributed by atoms with Gasteiger partial charge in [0.1, 0.15) is 9.90 Å². The van der Waals surface area contributed by atoms with E-state index < -0.39 is 21.8 Å². The van der Waals surface area contributed by atoms with Gasteiger partial charge in [0, 0.05) is 18.0 Å². The van der Waals surface area contributed by atoms with Crippen LogP contribution in [-0.4, -0.2) is 51.2 Å². The van der Waals surface area contributed by atoms with Crippen LogP contribution in [0.2, 0.25) is 0 Å². The third-order valence-corrected chi connectivity index (χ3v) is 8.36. The van der Waals surface area contributed by atoms with Crippen molar-refractivity contribution < 1.29 is 22.5 Å². The smallest absolute Gasteiger partial charge is 0.407 e. The van der Waals surface area contributed by atoms with Crippen LogP contribution < -0.4 is 9.74 Å². The molecule has 1 aromatic carbocycles. The summed E-state index contributed by atoms with van der Waals surface area (Å²) in [6.45, 7) is 2.26. The van der Waals surface area contributed by atoms with E-state index in [0.717, 1.165) is 29.0 Å². The zero-order valence-electron chi connectivity index (χ0n) is 17.1. The number of carbonyl (C=O) groups is 1. The molecule has 5 rings (SSSR count). The molecule has 12 heteroatoms. The molecule has 1 aliphatic carbocycles. The summed E-state index contributed by atoms with van der Waals surface area (Å²) >= 11 is 1.19. The van der Waals surface area contributed by atoms with Gasteiger partial charge >= 0.3 is 16.2 Å². The monoisotopic (exact) mass is 476 g/mol. The minimum Gasteiger partial charge on any atom is -0.465 e. The maximum absolute atomic E-state index is 12.6. The van der Waals surface area contributed by atoms with Gasteiger partial charge < -0.3 is 14.2 Å². The molecular formula is C20H20N4O6S2. The van der Waals surface area contributed by atoms with Crippen LogP contribution in [0.15, 0.2) is 40.0 Å². The van der Waals surface area contributed by atoms with Crippen molar-refractivity contribution in [3.8, 4) is 5.88 Å². The molecule has 0 radical (unpaired) electrons. The quantitative estimate of drug-likeness (QED) is 0.569. The van der Waals surface area contributed by atoms with E-state index in [9.17, 15) is 23.1 Å². The van der Waals surface area contributed by atoms with Gasteiger partial charge in [0.25, 0.3) is 5.56 Å². The highest BCUT2D eigenvalue weighted by Gasteiger charge is 2.54. The number of piperidine rings is 1. The third kappa shape index (κ3) is 3.62. The molecule has 3 heterocycles. The van der Waals surface area contributed by atoms with Gasteiger partial charge in [-0.15, -0.1) is 0 Å². The van der Waals surface area contributed by atoms with E-state index in [1.54, 1.807) is 12.1 Å². The second-order valence-electron chi connectivity index (χ2n) is 8.27. The Morgan fingerprint density at radius 3 is 2.66 bits per heavy atom. The molecule has 10 nitrogen and oxygen atoms in total. The maximum atomic E-state index is 12.6. The second-order valence-corrected chi connectivity index (χ2v) is 10.8. The zero-order valence-corrected chi connectivity index (χ0v) is 18.7. The molecule has 1 atom stereocenters. The van der Waals surface area contributed by atoms with Gasteiger partial charge in [-0.1, -0.05) is 29.0 Å². The van der Waals surface area contributed by atoms with Crippen molar-refractivity contribution >= 4 is 32.5 Å². The number of hydrogen-bond donors (Lipinski definition) is 1. The summed E-state index contributed by atoms with van der Waals surface area (Å²) < 4.78 is 31.3. The Balaban J connectivity index is 1.42. The molecular weight excluding hydrogens is 456 g/mol. The lowest BCUT2D eigenvalue weighted by Gasteiger charge is -2.37. The summed E-state index contributed by atoms with van der Waals surface area (Å²) in [4.78, 5) is 30.0. The maximum Gasteiger partial charge on any atom is 0.407 e. The van der Waals surface area contributed by atoms with Crippen molar-refractivity contribution in [2.75, 3.05) is 6.54 Å². The summed E-state index contributed by atoms with van der Waals surface area (Å²) in [6, 6.07) is 7.16. The van der Waals surface area contributed by atoms with Crippen molar-refractivity contribution in [2.24, 2.45) is 0 Å². The summed E-state index contributed by atoms with van der Waals surface area (Å²) in [5, 5.41) is 14.5. The zero-order chi connectivity index (χ0) is 22.7. The van der Waals surface area contributed by atoms with E-state index >= 15 is 0 Å². The Bertz CT molecular complexity index is 1380. The van der Waals surface area contributed by atoms with E-state index in [1.165, 1.54) is 28.4 Å².